The Hall–Kier alpha value is -1.95. The van der Waals surface area contributed by atoms with Gasteiger partial charge in [-0.25, -0.2) is 0 Å². The molecule has 0 radical (unpaired) electrons. The van der Waals surface area contributed by atoms with Crippen LogP contribution in [0.3, 0.4) is 0 Å². The topological polar surface area (TPSA) is 66.9 Å². The summed E-state index contributed by atoms with van der Waals surface area (Å²) in [7, 11) is 0. The summed E-state index contributed by atoms with van der Waals surface area (Å²) in [4.78, 5) is 12.0. The highest BCUT2D eigenvalue weighted by Crippen LogP contribution is 2.15. The van der Waals surface area contributed by atoms with Gasteiger partial charge >= 0.3 is 0 Å². The standard InChI is InChI=1S/C13H16N4OS/c1-8-4-6-11(7-5-8)14-9(2)12(18)15-13-17-16-10(3)19-13/h4-7,9,14H,1-3H3,(H,15,17,18)/t9-/m0/s1. The van der Waals surface area contributed by atoms with Crippen molar-refractivity contribution in [3.05, 3.63) is 34.8 Å². The first-order chi connectivity index (χ1) is 9.04. The van der Waals surface area contributed by atoms with Crippen molar-refractivity contribution < 1.29 is 4.79 Å². The van der Waals surface area contributed by atoms with Gasteiger partial charge in [-0.1, -0.05) is 29.0 Å². The van der Waals surface area contributed by atoms with Crippen molar-refractivity contribution in [3.8, 4) is 0 Å². The molecule has 1 aromatic carbocycles. The average Bonchev–Trinajstić information content (AvgIpc) is 2.77. The van der Waals surface area contributed by atoms with E-state index in [1.165, 1.54) is 16.9 Å². The highest BCUT2D eigenvalue weighted by atomic mass is 32.1. The van der Waals surface area contributed by atoms with Crippen LogP contribution < -0.4 is 10.6 Å². The fourth-order valence-electron chi connectivity index (χ4n) is 1.53. The van der Waals surface area contributed by atoms with E-state index in [2.05, 4.69) is 20.8 Å². The fraction of sp³-hybridized carbons (Fsp3) is 0.308. The number of anilines is 2. The summed E-state index contributed by atoms with van der Waals surface area (Å²) in [5, 5.41) is 15.0. The van der Waals surface area contributed by atoms with Gasteiger partial charge in [-0.15, -0.1) is 10.2 Å². The largest absolute Gasteiger partial charge is 0.374 e. The van der Waals surface area contributed by atoms with Crippen molar-refractivity contribution in [2.24, 2.45) is 0 Å². The van der Waals surface area contributed by atoms with Crippen LogP contribution in [0.1, 0.15) is 17.5 Å². The molecule has 2 aromatic rings. The van der Waals surface area contributed by atoms with Crippen molar-refractivity contribution in [2.75, 3.05) is 10.6 Å². The van der Waals surface area contributed by atoms with Crippen LogP contribution in [0, 0.1) is 13.8 Å². The van der Waals surface area contributed by atoms with E-state index >= 15 is 0 Å². The molecule has 1 heterocycles. The van der Waals surface area contributed by atoms with Gasteiger partial charge in [0.25, 0.3) is 0 Å². The molecule has 0 aliphatic carbocycles. The van der Waals surface area contributed by atoms with Gasteiger partial charge < -0.3 is 5.32 Å². The number of hydrogen-bond donors (Lipinski definition) is 2. The number of aryl methyl sites for hydroxylation is 2. The van der Waals surface area contributed by atoms with E-state index in [1.807, 2.05) is 45.0 Å². The van der Waals surface area contributed by atoms with Crippen molar-refractivity contribution in [2.45, 2.75) is 26.8 Å². The molecule has 0 bridgehead atoms. The van der Waals surface area contributed by atoms with Crippen molar-refractivity contribution >= 4 is 28.1 Å². The molecule has 1 amide bonds. The van der Waals surface area contributed by atoms with Gasteiger partial charge in [0.15, 0.2) is 0 Å². The van der Waals surface area contributed by atoms with Crippen LogP contribution in [-0.4, -0.2) is 22.1 Å². The van der Waals surface area contributed by atoms with Crippen molar-refractivity contribution in [1.29, 1.82) is 0 Å². The maximum atomic E-state index is 12.0. The molecule has 6 heteroatoms. The third kappa shape index (κ3) is 3.75. The number of nitrogens with zero attached hydrogens (tertiary/aromatic N) is 2. The van der Waals surface area contributed by atoms with Gasteiger partial charge in [0.05, 0.1) is 0 Å². The number of hydrogen-bond acceptors (Lipinski definition) is 5. The number of benzene rings is 1. The predicted octanol–water partition coefficient (Wildman–Crippen LogP) is 2.59. The lowest BCUT2D eigenvalue weighted by atomic mass is 10.2. The third-order valence-corrected chi connectivity index (χ3v) is 3.34. The van der Waals surface area contributed by atoms with Crippen LogP contribution >= 0.6 is 11.3 Å². The summed E-state index contributed by atoms with van der Waals surface area (Å²) in [6.07, 6.45) is 0. The van der Waals surface area contributed by atoms with Crippen molar-refractivity contribution in [3.63, 3.8) is 0 Å². The summed E-state index contributed by atoms with van der Waals surface area (Å²) >= 11 is 1.36. The van der Waals surface area contributed by atoms with E-state index in [0.29, 0.717) is 5.13 Å². The predicted molar refractivity (Wildman–Crippen MR) is 77.5 cm³/mol. The monoisotopic (exact) mass is 276 g/mol. The van der Waals surface area contributed by atoms with Crippen LogP contribution in [0.4, 0.5) is 10.8 Å². The Kier molecular flexibility index (Phi) is 4.11. The molecule has 19 heavy (non-hydrogen) atoms. The fourth-order valence-corrected chi connectivity index (χ4v) is 2.12. The molecule has 0 aliphatic rings. The summed E-state index contributed by atoms with van der Waals surface area (Å²) < 4.78 is 0. The molecule has 100 valence electrons. The number of rotatable bonds is 4. The molecule has 2 rings (SSSR count). The van der Waals surface area contributed by atoms with Crippen LogP contribution in [0.25, 0.3) is 0 Å². The van der Waals surface area contributed by atoms with Crippen LogP contribution in [0.2, 0.25) is 0 Å². The van der Waals surface area contributed by atoms with E-state index in [9.17, 15) is 4.79 Å². The smallest absolute Gasteiger partial charge is 0.248 e. The molecule has 0 unspecified atom stereocenters. The van der Waals surface area contributed by atoms with Crippen LogP contribution in [-0.2, 0) is 4.79 Å². The Labute approximate surface area is 116 Å². The minimum absolute atomic E-state index is 0.128. The van der Waals surface area contributed by atoms with E-state index in [1.54, 1.807) is 0 Å². The first-order valence-corrected chi connectivity index (χ1v) is 6.80. The molecular formula is C13H16N4OS. The molecule has 2 N–H and O–H groups in total. The second-order valence-corrected chi connectivity index (χ2v) is 5.53. The van der Waals surface area contributed by atoms with Gasteiger partial charge in [0.2, 0.25) is 11.0 Å². The SMILES string of the molecule is Cc1ccc(N[C@@H](C)C(=O)Nc2nnc(C)s2)cc1. The normalized spacial score (nSPS) is 11.9. The molecule has 0 saturated heterocycles. The Morgan fingerprint density at radius 1 is 1.21 bits per heavy atom. The molecule has 0 spiro atoms. The maximum absolute atomic E-state index is 12.0. The highest BCUT2D eigenvalue weighted by molar-refractivity contribution is 7.15. The number of amides is 1. The third-order valence-electron chi connectivity index (χ3n) is 2.58. The quantitative estimate of drug-likeness (QED) is 0.900. The van der Waals surface area contributed by atoms with Gasteiger partial charge in [-0.05, 0) is 32.9 Å². The summed E-state index contributed by atoms with van der Waals surface area (Å²) in [5.41, 5.74) is 2.11. The number of nitrogens with one attached hydrogen (secondary N) is 2. The van der Waals surface area contributed by atoms with Gasteiger partial charge in [0, 0.05) is 5.69 Å². The number of aromatic nitrogens is 2. The van der Waals surface area contributed by atoms with E-state index in [4.69, 9.17) is 0 Å². The van der Waals surface area contributed by atoms with Gasteiger partial charge in [-0.2, -0.15) is 0 Å². The van der Waals surface area contributed by atoms with Gasteiger partial charge in [-0.3, -0.25) is 10.1 Å². The minimum Gasteiger partial charge on any atom is -0.374 e. The minimum atomic E-state index is -0.341. The van der Waals surface area contributed by atoms with Crippen LogP contribution in [0.15, 0.2) is 24.3 Å². The Balaban J connectivity index is 1.94. The lowest BCUT2D eigenvalue weighted by Gasteiger charge is -2.14. The van der Waals surface area contributed by atoms with E-state index in [-0.39, 0.29) is 11.9 Å². The number of carbonyl (C=O) groups excluding carboxylic acids is 1. The lowest BCUT2D eigenvalue weighted by Crippen LogP contribution is -2.31. The lowest BCUT2D eigenvalue weighted by molar-refractivity contribution is -0.116. The Morgan fingerprint density at radius 2 is 1.89 bits per heavy atom. The second kappa shape index (κ2) is 5.79. The first-order valence-electron chi connectivity index (χ1n) is 5.99. The second-order valence-electron chi connectivity index (χ2n) is 4.35. The molecule has 1 aromatic heterocycles. The molecular weight excluding hydrogens is 260 g/mol. The molecule has 1 atom stereocenters. The zero-order valence-corrected chi connectivity index (χ0v) is 11.9. The summed E-state index contributed by atoms with van der Waals surface area (Å²) in [5.74, 6) is -0.128. The molecule has 0 fully saturated rings. The molecule has 0 saturated carbocycles. The summed E-state index contributed by atoms with van der Waals surface area (Å²) in [6, 6.07) is 7.57. The molecule has 5 nitrogen and oxygen atoms in total. The zero-order chi connectivity index (χ0) is 13.8. The van der Waals surface area contributed by atoms with Gasteiger partial charge in [0.1, 0.15) is 11.0 Å². The summed E-state index contributed by atoms with van der Waals surface area (Å²) in [6.45, 7) is 5.68. The van der Waals surface area contributed by atoms with E-state index < -0.39 is 0 Å². The molecule has 0 aliphatic heterocycles. The van der Waals surface area contributed by atoms with E-state index in [0.717, 1.165) is 10.7 Å². The van der Waals surface area contributed by atoms with Crippen molar-refractivity contribution in [1.82, 2.24) is 10.2 Å². The maximum Gasteiger partial charge on any atom is 0.248 e. The zero-order valence-electron chi connectivity index (χ0n) is 11.1. The number of carbonyl (C=O) groups is 1. The Morgan fingerprint density at radius 3 is 2.47 bits per heavy atom. The first kappa shape index (κ1) is 13.5. The van der Waals surface area contributed by atoms with Crippen LogP contribution in [0.5, 0.6) is 0 Å². The average molecular weight is 276 g/mol. The Bertz CT molecular complexity index is 564. The highest BCUT2D eigenvalue weighted by Gasteiger charge is 2.14.